The van der Waals surface area contributed by atoms with Crippen LogP contribution in [0.25, 0.3) is 0 Å². The fourth-order valence-corrected chi connectivity index (χ4v) is 4.15. The molecule has 94 valence electrons. The van der Waals surface area contributed by atoms with E-state index in [0.717, 1.165) is 12.5 Å². The van der Waals surface area contributed by atoms with Crippen LogP contribution in [-0.2, 0) is 18.4 Å². The Balaban J connectivity index is 4.67. The molecular weight excluding hydrogens is 224 g/mol. The van der Waals surface area contributed by atoms with Crippen LogP contribution in [0.2, 0.25) is 6.04 Å². The molecule has 0 saturated heterocycles. The largest absolute Gasteiger partial charge is 0.457 e. The first-order valence-electron chi connectivity index (χ1n) is 5.40. The van der Waals surface area contributed by atoms with Gasteiger partial charge in [0.15, 0.2) is 0 Å². The van der Waals surface area contributed by atoms with Crippen molar-refractivity contribution in [1.82, 2.24) is 0 Å². The summed E-state index contributed by atoms with van der Waals surface area (Å²) >= 11 is 0. The Kier molecular flexibility index (Phi) is 6.55. The van der Waals surface area contributed by atoms with Gasteiger partial charge in [-0.1, -0.05) is 19.9 Å². The van der Waals surface area contributed by atoms with E-state index < -0.39 is 14.5 Å². The first-order valence-corrected chi connectivity index (χ1v) is 7.50. The van der Waals surface area contributed by atoms with Gasteiger partial charge in [-0.25, -0.2) is 4.79 Å². The zero-order chi connectivity index (χ0) is 12.8. The highest BCUT2D eigenvalue weighted by molar-refractivity contribution is 6.68. The third-order valence-corrected chi connectivity index (χ3v) is 6.48. The van der Waals surface area contributed by atoms with Crippen molar-refractivity contribution >= 4 is 14.5 Å². The van der Waals surface area contributed by atoms with E-state index in [9.17, 15) is 4.79 Å². The van der Waals surface area contributed by atoms with Crippen LogP contribution in [0.4, 0.5) is 0 Å². The van der Waals surface area contributed by atoms with E-state index in [2.05, 4.69) is 6.58 Å². The average Bonchev–Trinajstić information content (AvgIpc) is 2.25. The molecule has 0 radical (unpaired) electrons. The molecular formula is C11H22O4Si. The van der Waals surface area contributed by atoms with E-state index in [0.29, 0.717) is 5.57 Å². The lowest BCUT2D eigenvalue weighted by Gasteiger charge is -2.32. The molecule has 0 saturated carbocycles. The van der Waals surface area contributed by atoms with Gasteiger partial charge in [0.05, 0.1) is 0 Å². The second-order valence-electron chi connectivity index (χ2n) is 3.80. The van der Waals surface area contributed by atoms with Crippen molar-refractivity contribution in [3.05, 3.63) is 12.2 Å². The normalized spacial score (nSPS) is 13.3. The van der Waals surface area contributed by atoms with Gasteiger partial charge >= 0.3 is 14.5 Å². The predicted octanol–water partition coefficient (Wildman–Crippen LogP) is 2.18. The molecule has 0 aliphatic heterocycles. The molecule has 0 rings (SSSR count). The zero-order valence-electron chi connectivity index (χ0n) is 10.8. The second-order valence-corrected chi connectivity index (χ2v) is 7.55. The summed E-state index contributed by atoms with van der Waals surface area (Å²) in [7, 11) is 0.776. The van der Waals surface area contributed by atoms with Crippen molar-refractivity contribution in [2.75, 3.05) is 14.2 Å². The van der Waals surface area contributed by atoms with Gasteiger partial charge in [0.25, 0.3) is 0 Å². The molecule has 1 atom stereocenters. The Labute approximate surface area is 98.8 Å². The van der Waals surface area contributed by atoms with Gasteiger partial charge in [-0.3, -0.25) is 0 Å². The molecule has 0 fully saturated rings. The quantitative estimate of drug-likeness (QED) is 0.392. The van der Waals surface area contributed by atoms with Gasteiger partial charge in [-0.2, -0.15) is 0 Å². The first kappa shape index (κ1) is 15.3. The van der Waals surface area contributed by atoms with Gasteiger partial charge in [-0.15, -0.1) is 0 Å². The molecule has 5 heteroatoms. The fourth-order valence-electron chi connectivity index (χ4n) is 1.52. The summed E-state index contributed by atoms with van der Waals surface area (Å²) in [5.41, 5.74) is 0.0464. The third kappa shape index (κ3) is 3.73. The highest BCUT2D eigenvalue weighted by Crippen LogP contribution is 2.21. The van der Waals surface area contributed by atoms with Gasteiger partial charge in [0.1, 0.15) is 5.73 Å². The SMILES string of the molecule is C=C(C)C(=O)OC(C)[Si](CCC)(OC)OC. The number of ether oxygens (including phenoxy) is 1. The van der Waals surface area contributed by atoms with Gasteiger partial charge in [0, 0.05) is 19.8 Å². The highest BCUT2D eigenvalue weighted by Gasteiger charge is 2.44. The van der Waals surface area contributed by atoms with Gasteiger partial charge in [-0.05, 0) is 19.9 Å². The van der Waals surface area contributed by atoms with Crippen LogP contribution in [0.15, 0.2) is 12.2 Å². The first-order chi connectivity index (χ1) is 7.43. The Morgan fingerprint density at radius 2 is 1.88 bits per heavy atom. The fraction of sp³-hybridized carbons (Fsp3) is 0.727. The van der Waals surface area contributed by atoms with Crippen molar-refractivity contribution in [3.8, 4) is 0 Å². The van der Waals surface area contributed by atoms with E-state index in [1.54, 1.807) is 21.1 Å². The van der Waals surface area contributed by atoms with Crippen molar-refractivity contribution in [3.63, 3.8) is 0 Å². The third-order valence-electron chi connectivity index (χ3n) is 2.54. The molecule has 0 heterocycles. The number of hydrogen-bond donors (Lipinski definition) is 0. The maximum Gasteiger partial charge on any atom is 0.379 e. The van der Waals surface area contributed by atoms with E-state index in [4.69, 9.17) is 13.6 Å². The maximum atomic E-state index is 11.4. The standard InChI is InChI=1S/C11H22O4Si/c1-7-8-16(13-5,14-6)10(4)15-11(12)9(2)3/h10H,2,7-8H2,1,3-6H3. The van der Waals surface area contributed by atoms with Crippen LogP contribution in [0, 0.1) is 0 Å². The summed E-state index contributed by atoms with van der Waals surface area (Å²) in [6.45, 7) is 9.03. The minimum Gasteiger partial charge on any atom is -0.457 e. The molecule has 4 nitrogen and oxygen atoms in total. The summed E-state index contributed by atoms with van der Waals surface area (Å²) in [4.78, 5) is 11.4. The lowest BCUT2D eigenvalue weighted by molar-refractivity contribution is -0.141. The Hall–Kier alpha value is -0.653. The van der Waals surface area contributed by atoms with E-state index in [1.165, 1.54) is 0 Å². The summed E-state index contributed by atoms with van der Waals surface area (Å²) < 4.78 is 16.2. The Morgan fingerprint density at radius 1 is 1.38 bits per heavy atom. The number of rotatable bonds is 7. The lowest BCUT2D eigenvalue weighted by atomic mass is 10.4. The van der Waals surface area contributed by atoms with Gasteiger partial charge < -0.3 is 13.6 Å². The van der Waals surface area contributed by atoms with Crippen molar-refractivity contribution < 1.29 is 18.4 Å². The van der Waals surface area contributed by atoms with Crippen molar-refractivity contribution in [2.24, 2.45) is 0 Å². The van der Waals surface area contributed by atoms with Gasteiger partial charge in [0.2, 0.25) is 0 Å². The van der Waals surface area contributed by atoms with E-state index in [-0.39, 0.29) is 5.73 Å². The highest BCUT2D eigenvalue weighted by atomic mass is 28.4. The van der Waals surface area contributed by atoms with Crippen LogP contribution < -0.4 is 0 Å². The zero-order valence-corrected chi connectivity index (χ0v) is 11.8. The number of hydrogen-bond acceptors (Lipinski definition) is 4. The van der Waals surface area contributed by atoms with Crippen molar-refractivity contribution in [1.29, 1.82) is 0 Å². The molecule has 0 amide bonds. The van der Waals surface area contributed by atoms with Crippen LogP contribution in [0.1, 0.15) is 27.2 Å². The summed E-state index contributed by atoms with van der Waals surface area (Å²) in [5.74, 6) is -0.394. The molecule has 0 aromatic carbocycles. The van der Waals surface area contributed by atoms with Crippen LogP contribution in [0.3, 0.4) is 0 Å². The molecule has 0 aliphatic rings. The minimum absolute atomic E-state index is 0.341. The smallest absolute Gasteiger partial charge is 0.379 e. The van der Waals surface area contributed by atoms with E-state index >= 15 is 0 Å². The number of carbonyl (C=O) groups excluding carboxylic acids is 1. The maximum absolute atomic E-state index is 11.4. The van der Waals surface area contributed by atoms with Crippen LogP contribution in [0.5, 0.6) is 0 Å². The molecule has 0 bridgehead atoms. The second kappa shape index (κ2) is 6.83. The van der Waals surface area contributed by atoms with Crippen LogP contribution in [-0.4, -0.2) is 34.5 Å². The topological polar surface area (TPSA) is 44.8 Å². The minimum atomic E-state index is -2.44. The average molecular weight is 246 g/mol. The Morgan fingerprint density at radius 3 is 2.19 bits per heavy atom. The predicted molar refractivity (Wildman–Crippen MR) is 65.2 cm³/mol. The molecule has 1 unspecified atom stereocenters. The molecule has 0 spiro atoms. The molecule has 0 aromatic rings. The van der Waals surface area contributed by atoms with Crippen molar-refractivity contribution in [2.45, 2.75) is 39.0 Å². The molecule has 0 N–H and O–H groups in total. The van der Waals surface area contributed by atoms with E-state index in [1.807, 2.05) is 13.8 Å². The summed E-state index contributed by atoms with van der Waals surface area (Å²) in [6.07, 6.45) is 0.933. The Bertz CT molecular complexity index is 248. The monoisotopic (exact) mass is 246 g/mol. The van der Waals surface area contributed by atoms with Crippen LogP contribution >= 0.6 is 0 Å². The number of esters is 1. The molecule has 16 heavy (non-hydrogen) atoms. The molecule has 0 aliphatic carbocycles. The summed E-state index contributed by atoms with van der Waals surface area (Å²) in [5, 5.41) is 0. The number of carbonyl (C=O) groups is 1. The lowest BCUT2D eigenvalue weighted by Crippen LogP contribution is -2.52. The summed E-state index contributed by atoms with van der Waals surface area (Å²) in [6, 6.07) is 0.796. The molecule has 0 aromatic heterocycles.